The van der Waals surface area contributed by atoms with Crippen LogP contribution in [0.2, 0.25) is 0 Å². The van der Waals surface area contributed by atoms with Crippen molar-refractivity contribution in [1.82, 2.24) is 9.88 Å². The van der Waals surface area contributed by atoms with Crippen LogP contribution in [0.15, 0.2) is 34.9 Å². The van der Waals surface area contributed by atoms with Gasteiger partial charge in [0.15, 0.2) is 0 Å². The molecule has 3 rings (SSSR count). The van der Waals surface area contributed by atoms with Crippen molar-refractivity contribution in [3.05, 3.63) is 42.0 Å². The second-order valence-corrected chi connectivity index (χ2v) is 5.81. The van der Waals surface area contributed by atoms with Gasteiger partial charge in [-0.15, -0.1) is 0 Å². The molecule has 1 fully saturated rings. The number of carbonyl (C=O) groups is 2. The van der Waals surface area contributed by atoms with Crippen molar-refractivity contribution in [3.63, 3.8) is 0 Å². The van der Waals surface area contributed by atoms with Gasteiger partial charge in [-0.05, 0) is 37.1 Å². The minimum absolute atomic E-state index is 0.0363. The molecule has 1 aromatic carbocycles. The Morgan fingerprint density at radius 3 is 2.79 bits per heavy atom. The first kappa shape index (κ1) is 16.2. The lowest BCUT2D eigenvalue weighted by atomic mass is 10.1. The van der Waals surface area contributed by atoms with Gasteiger partial charge >= 0.3 is 5.97 Å². The fourth-order valence-electron chi connectivity index (χ4n) is 2.95. The number of hydrogen-bond acceptors (Lipinski definition) is 4. The Morgan fingerprint density at radius 2 is 2.08 bits per heavy atom. The van der Waals surface area contributed by atoms with Crippen LogP contribution in [0.3, 0.4) is 0 Å². The van der Waals surface area contributed by atoms with Crippen molar-refractivity contribution in [2.24, 2.45) is 0 Å². The summed E-state index contributed by atoms with van der Waals surface area (Å²) in [6, 6.07) is 5.47. The van der Waals surface area contributed by atoms with Gasteiger partial charge in [0.05, 0.1) is 18.5 Å². The van der Waals surface area contributed by atoms with Crippen LogP contribution in [0, 0.1) is 5.82 Å². The molecule has 1 amide bonds. The summed E-state index contributed by atoms with van der Waals surface area (Å²) in [7, 11) is 0. The molecule has 1 atom stereocenters. The van der Waals surface area contributed by atoms with E-state index in [2.05, 4.69) is 4.98 Å². The monoisotopic (exact) mass is 332 g/mol. The number of benzene rings is 1. The number of aliphatic carboxylic acids is 1. The minimum atomic E-state index is -0.903. The van der Waals surface area contributed by atoms with Gasteiger partial charge in [0.25, 0.3) is 0 Å². The highest BCUT2D eigenvalue weighted by atomic mass is 19.1. The molecule has 6 nitrogen and oxygen atoms in total. The molecule has 1 aliphatic heterocycles. The van der Waals surface area contributed by atoms with Crippen molar-refractivity contribution >= 4 is 11.9 Å². The number of carboxylic acid groups (broad SMARTS) is 1. The van der Waals surface area contributed by atoms with Gasteiger partial charge in [0.1, 0.15) is 12.1 Å². The van der Waals surface area contributed by atoms with Gasteiger partial charge in [-0.3, -0.25) is 9.59 Å². The number of likely N-dealkylation sites (tertiary alicyclic amines) is 1. The largest absolute Gasteiger partial charge is 0.481 e. The van der Waals surface area contributed by atoms with E-state index in [4.69, 9.17) is 9.52 Å². The number of amides is 1. The van der Waals surface area contributed by atoms with Crippen molar-refractivity contribution < 1.29 is 23.5 Å². The predicted octanol–water partition coefficient (Wildman–Crippen LogP) is 2.49. The number of rotatable bonds is 5. The molecule has 126 valence electrons. The lowest BCUT2D eigenvalue weighted by Gasteiger charge is -2.23. The Kier molecular flexibility index (Phi) is 4.59. The maximum Gasteiger partial charge on any atom is 0.305 e. The average Bonchev–Trinajstić information content (AvgIpc) is 3.17. The van der Waals surface area contributed by atoms with E-state index in [-0.39, 0.29) is 30.6 Å². The summed E-state index contributed by atoms with van der Waals surface area (Å²) in [5, 5.41) is 8.92. The number of halogens is 1. The molecule has 1 aliphatic rings. The number of carbonyl (C=O) groups excluding carboxylic acids is 1. The molecule has 0 spiro atoms. The van der Waals surface area contributed by atoms with Crippen LogP contribution < -0.4 is 0 Å². The Labute approximate surface area is 137 Å². The number of aromatic nitrogens is 1. The van der Waals surface area contributed by atoms with Crippen molar-refractivity contribution in [2.45, 2.75) is 31.7 Å². The zero-order chi connectivity index (χ0) is 17.1. The first-order chi connectivity index (χ1) is 11.5. The molecule has 7 heteroatoms. The second-order valence-electron chi connectivity index (χ2n) is 5.81. The summed E-state index contributed by atoms with van der Waals surface area (Å²) in [5.41, 5.74) is 1.10. The predicted molar refractivity (Wildman–Crippen MR) is 82.6 cm³/mol. The van der Waals surface area contributed by atoms with E-state index in [0.717, 1.165) is 6.42 Å². The molecule has 0 bridgehead atoms. The molecule has 0 aliphatic carbocycles. The average molecular weight is 332 g/mol. The van der Waals surface area contributed by atoms with Crippen LogP contribution in [0.1, 0.15) is 25.0 Å². The lowest BCUT2D eigenvalue weighted by Crippen LogP contribution is -2.37. The summed E-state index contributed by atoms with van der Waals surface area (Å²) < 4.78 is 18.3. The highest BCUT2D eigenvalue weighted by Crippen LogP contribution is 2.23. The van der Waals surface area contributed by atoms with E-state index in [1.165, 1.54) is 18.4 Å². The van der Waals surface area contributed by atoms with E-state index >= 15 is 0 Å². The lowest BCUT2D eigenvalue weighted by molar-refractivity contribution is -0.139. The first-order valence-corrected chi connectivity index (χ1v) is 7.74. The molecule has 0 saturated carbocycles. The summed E-state index contributed by atoms with van der Waals surface area (Å²) in [6.07, 6.45) is 2.94. The number of carboxylic acids is 1. The first-order valence-electron chi connectivity index (χ1n) is 7.74. The highest BCUT2D eigenvalue weighted by molar-refractivity contribution is 5.80. The molecule has 1 unspecified atom stereocenters. The van der Waals surface area contributed by atoms with E-state index in [1.54, 1.807) is 17.0 Å². The zero-order valence-corrected chi connectivity index (χ0v) is 12.9. The topological polar surface area (TPSA) is 83.6 Å². The third kappa shape index (κ3) is 3.61. The summed E-state index contributed by atoms with van der Waals surface area (Å²) in [5.74, 6) is -1.09. The summed E-state index contributed by atoms with van der Waals surface area (Å²) in [4.78, 5) is 29.1. The zero-order valence-electron chi connectivity index (χ0n) is 12.9. The molecule has 1 saturated heterocycles. The summed E-state index contributed by atoms with van der Waals surface area (Å²) in [6.45, 7) is 0.569. The second kappa shape index (κ2) is 6.82. The Morgan fingerprint density at radius 1 is 1.33 bits per heavy atom. The molecular formula is C17H17FN2O4. The maximum absolute atomic E-state index is 12.9. The highest BCUT2D eigenvalue weighted by Gasteiger charge is 2.30. The van der Waals surface area contributed by atoms with Crippen LogP contribution in [0.25, 0.3) is 11.5 Å². The number of nitrogens with zero attached hydrogens (tertiary/aromatic N) is 2. The van der Waals surface area contributed by atoms with Crippen molar-refractivity contribution in [3.8, 4) is 11.5 Å². The molecule has 2 aromatic rings. The van der Waals surface area contributed by atoms with Crippen molar-refractivity contribution in [1.29, 1.82) is 0 Å². The maximum atomic E-state index is 12.9. The SMILES string of the molecule is O=C(O)CC1CCCN1C(=O)Cc1coc(-c2ccc(F)cc2)n1. The smallest absolute Gasteiger partial charge is 0.305 e. The third-order valence-electron chi connectivity index (χ3n) is 4.08. The van der Waals surface area contributed by atoms with Gasteiger partial charge in [-0.1, -0.05) is 0 Å². The Bertz CT molecular complexity index is 741. The van der Waals surface area contributed by atoms with Crippen LogP contribution in [-0.2, 0) is 16.0 Å². The standard InChI is InChI=1S/C17H17FN2O4/c18-12-5-3-11(4-6-12)17-19-13(10-24-17)8-15(21)20-7-1-2-14(20)9-16(22)23/h3-6,10,14H,1-2,7-9H2,(H,22,23). The molecule has 1 N–H and O–H groups in total. The van der Waals surface area contributed by atoms with Crippen LogP contribution in [-0.4, -0.2) is 39.5 Å². The van der Waals surface area contributed by atoms with Crippen LogP contribution >= 0.6 is 0 Å². The molecular weight excluding hydrogens is 315 g/mol. The molecule has 24 heavy (non-hydrogen) atoms. The van der Waals surface area contributed by atoms with E-state index in [9.17, 15) is 14.0 Å². The number of hydrogen-bond donors (Lipinski definition) is 1. The van der Waals surface area contributed by atoms with E-state index in [0.29, 0.717) is 30.1 Å². The van der Waals surface area contributed by atoms with Gasteiger partial charge in [-0.2, -0.15) is 0 Å². The van der Waals surface area contributed by atoms with Crippen molar-refractivity contribution in [2.75, 3.05) is 6.54 Å². The fourth-order valence-corrected chi connectivity index (χ4v) is 2.95. The molecule has 1 aromatic heterocycles. The van der Waals surface area contributed by atoms with Crippen LogP contribution in [0.4, 0.5) is 4.39 Å². The Balaban J connectivity index is 1.67. The van der Waals surface area contributed by atoms with E-state index < -0.39 is 5.97 Å². The Hall–Kier alpha value is -2.70. The normalized spacial score (nSPS) is 17.2. The van der Waals surface area contributed by atoms with E-state index in [1.807, 2.05) is 0 Å². The third-order valence-corrected chi connectivity index (χ3v) is 4.08. The fraction of sp³-hybridized carbons (Fsp3) is 0.353. The minimum Gasteiger partial charge on any atom is -0.481 e. The quantitative estimate of drug-likeness (QED) is 0.909. The number of oxazole rings is 1. The van der Waals surface area contributed by atoms with Gasteiger partial charge < -0.3 is 14.4 Å². The van der Waals surface area contributed by atoms with Gasteiger partial charge in [0.2, 0.25) is 11.8 Å². The van der Waals surface area contributed by atoms with Gasteiger partial charge in [-0.25, -0.2) is 9.37 Å². The van der Waals surface area contributed by atoms with Gasteiger partial charge in [0, 0.05) is 18.2 Å². The van der Waals surface area contributed by atoms with Crippen LogP contribution in [0.5, 0.6) is 0 Å². The molecule has 0 radical (unpaired) electrons. The summed E-state index contributed by atoms with van der Waals surface area (Å²) >= 11 is 0. The molecule has 2 heterocycles.